The monoisotopic (exact) mass is 335 g/mol. The maximum Gasteiger partial charge on any atom is 0.246 e. The van der Waals surface area contributed by atoms with E-state index in [0.717, 1.165) is 43.6 Å². The van der Waals surface area contributed by atoms with Crippen molar-refractivity contribution in [1.82, 2.24) is 24.6 Å². The number of aromatic nitrogens is 4. The Labute approximate surface area is 136 Å². The normalized spacial score (nSPS) is 15.8. The number of rotatable bonds is 4. The lowest BCUT2D eigenvalue weighted by Gasteiger charge is -2.27. The van der Waals surface area contributed by atoms with Crippen molar-refractivity contribution in [3.63, 3.8) is 0 Å². The topological polar surface area (TPSA) is 81.0 Å². The molecule has 0 atom stereocenters. The molecule has 2 aromatic rings. The van der Waals surface area contributed by atoms with Gasteiger partial charge in [0.2, 0.25) is 15.0 Å². The Morgan fingerprint density at radius 3 is 2.74 bits per heavy atom. The molecule has 1 aliphatic heterocycles. The fraction of sp³-hybridized carbons (Fsp3) is 0.533. The van der Waals surface area contributed by atoms with Gasteiger partial charge >= 0.3 is 0 Å². The highest BCUT2D eigenvalue weighted by atomic mass is 32.2. The van der Waals surface area contributed by atoms with Crippen molar-refractivity contribution >= 4 is 9.84 Å². The van der Waals surface area contributed by atoms with E-state index in [1.165, 1.54) is 5.56 Å². The van der Waals surface area contributed by atoms with Crippen molar-refractivity contribution in [3.8, 4) is 0 Å². The molecule has 0 radical (unpaired) electrons. The zero-order valence-corrected chi connectivity index (χ0v) is 14.4. The van der Waals surface area contributed by atoms with Crippen LogP contribution in [0.4, 0.5) is 0 Å². The van der Waals surface area contributed by atoms with Gasteiger partial charge in [-0.1, -0.05) is 0 Å². The Hall–Kier alpha value is -1.80. The fourth-order valence-electron chi connectivity index (χ4n) is 2.67. The van der Waals surface area contributed by atoms with Crippen LogP contribution in [0.15, 0.2) is 23.7 Å². The second kappa shape index (κ2) is 6.01. The molecule has 2 aromatic heterocycles. The molecule has 23 heavy (non-hydrogen) atoms. The van der Waals surface area contributed by atoms with Crippen LogP contribution in [0.2, 0.25) is 0 Å². The highest BCUT2D eigenvalue weighted by Crippen LogP contribution is 2.19. The Balaban J connectivity index is 1.72. The molecule has 8 heteroatoms. The van der Waals surface area contributed by atoms with Crippen molar-refractivity contribution in [2.75, 3.05) is 12.8 Å². The molecule has 0 spiro atoms. The minimum atomic E-state index is -3.35. The molecule has 3 heterocycles. The van der Waals surface area contributed by atoms with Gasteiger partial charge in [-0.15, -0.1) is 0 Å². The third-order valence-electron chi connectivity index (χ3n) is 3.91. The van der Waals surface area contributed by atoms with Crippen LogP contribution in [0.5, 0.6) is 0 Å². The number of fused-ring (bicyclic) bond motifs is 1. The second-order valence-corrected chi connectivity index (χ2v) is 8.19. The fourth-order valence-corrected chi connectivity index (χ4v) is 3.19. The molecule has 7 nitrogen and oxygen atoms in total. The van der Waals surface area contributed by atoms with Crippen LogP contribution in [0.3, 0.4) is 0 Å². The summed E-state index contributed by atoms with van der Waals surface area (Å²) < 4.78 is 25.0. The predicted octanol–water partition coefficient (Wildman–Crippen LogP) is 1.22. The molecule has 0 N–H and O–H groups in total. The Bertz CT molecular complexity index is 813. The molecule has 0 amide bonds. The van der Waals surface area contributed by atoms with Gasteiger partial charge in [0.1, 0.15) is 0 Å². The predicted molar refractivity (Wildman–Crippen MR) is 85.6 cm³/mol. The number of hydrogen-bond acceptors (Lipinski definition) is 6. The first-order chi connectivity index (χ1) is 10.8. The molecular formula is C15H21N5O2S. The summed E-state index contributed by atoms with van der Waals surface area (Å²) in [4.78, 5) is 10.5. The maximum absolute atomic E-state index is 11.5. The van der Waals surface area contributed by atoms with E-state index in [2.05, 4.69) is 40.0 Å². The van der Waals surface area contributed by atoms with Crippen LogP contribution >= 0.6 is 0 Å². The zero-order chi connectivity index (χ0) is 16.6. The highest BCUT2D eigenvalue weighted by Gasteiger charge is 2.21. The average Bonchev–Trinajstić information content (AvgIpc) is 2.94. The summed E-state index contributed by atoms with van der Waals surface area (Å²) >= 11 is 0. The van der Waals surface area contributed by atoms with E-state index in [1.54, 1.807) is 6.20 Å². The number of sulfone groups is 1. The first-order valence-corrected chi connectivity index (χ1v) is 9.52. The Morgan fingerprint density at radius 2 is 2.09 bits per heavy atom. The summed E-state index contributed by atoms with van der Waals surface area (Å²) in [6.07, 6.45) is 7.49. The summed E-state index contributed by atoms with van der Waals surface area (Å²) in [6.45, 7) is 6.60. The lowest BCUT2D eigenvalue weighted by molar-refractivity contribution is 0.242. The maximum atomic E-state index is 11.5. The Morgan fingerprint density at radius 1 is 1.30 bits per heavy atom. The van der Waals surface area contributed by atoms with E-state index in [0.29, 0.717) is 6.04 Å². The van der Waals surface area contributed by atoms with E-state index in [-0.39, 0.29) is 5.16 Å². The summed E-state index contributed by atoms with van der Waals surface area (Å²) in [6, 6.07) is 0.355. The van der Waals surface area contributed by atoms with Crippen molar-refractivity contribution in [2.45, 2.75) is 44.6 Å². The van der Waals surface area contributed by atoms with Crippen molar-refractivity contribution in [3.05, 3.63) is 35.4 Å². The standard InChI is InChI=1S/C15H21N5O2S/c1-11(2)20-9-12(6-17-20)8-19-5-4-14-13(10-19)7-16-15(18-14)23(3,21)22/h6-7,9,11H,4-5,8,10H2,1-3H3. The third-order valence-corrected chi connectivity index (χ3v) is 4.77. The third kappa shape index (κ3) is 3.59. The van der Waals surface area contributed by atoms with Gasteiger partial charge in [-0.05, 0) is 13.8 Å². The summed E-state index contributed by atoms with van der Waals surface area (Å²) in [7, 11) is -3.35. The van der Waals surface area contributed by atoms with Gasteiger partial charge < -0.3 is 0 Å². The van der Waals surface area contributed by atoms with Gasteiger partial charge in [0.05, 0.1) is 11.9 Å². The van der Waals surface area contributed by atoms with Gasteiger partial charge in [-0.3, -0.25) is 9.58 Å². The minimum absolute atomic E-state index is 0.0806. The highest BCUT2D eigenvalue weighted by molar-refractivity contribution is 7.90. The summed E-state index contributed by atoms with van der Waals surface area (Å²) in [5, 5.41) is 4.28. The van der Waals surface area contributed by atoms with Crippen LogP contribution in [0, 0.1) is 0 Å². The lowest BCUT2D eigenvalue weighted by Crippen LogP contribution is -2.31. The molecule has 0 saturated carbocycles. The molecule has 1 aliphatic rings. The van der Waals surface area contributed by atoms with Crippen LogP contribution < -0.4 is 0 Å². The average molecular weight is 335 g/mol. The van der Waals surface area contributed by atoms with Crippen LogP contribution in [-0.4, -0.2) is 45.9 Å². The van der Waals surface area contributed by atoms with Crippen molar-refractivity contribution in [1.29, 1.82) is 0 Å². The molecule has 0 fully saturated rings. The SMILES string of the molecule is CC(C)n1cc(CN2CCc3nc(S(C)(=O)=O)ncc3C2)cn1. The number of hydrogen-bond donors (Lipinski definition) is 0. The van der Waals surface area contributed by atoms with Crippen LogP contribution in [0.1, 0.15) is 36.7 Å². The first kappa shape index (κ1) is 16.1. The molecule has 0 saturated heterocycles. The number of nitrogens with zero attached hydrogens (tertiary/aromatic N) is 5. The molecule has 0 aliphatic carbocycles. The largest absolute Gasteiger partial charge is 0.294 e. The molecule has 0 unspecified atom stereocenters. The van der Waals surface area contributed by atoms with Gasteiger partial charge in [0, 0.05) is 61.9 Å². The smallest absolute Gasteiger partial charge is 0.246 e. The van der Waals surface area contributed by atoms with Gasteiger partial charge in [0.25, 0.3) is 0 Å². The molecule has 124 valence electrons. The summed E-state index contributed by atoms with van der Waals surface area (Å²) in [5.74, 6) is 0. The van der Waals surface area contributed by atoms with E-state index in [4.69, 9.17) is 0 Å². The summed E-state index contributed by atoms with van der Waals surface area (Å²) in [5.41, 5.74) is 3.02. The van der Waals surface area contributed by atoms with Crippen molar-refractivity contribution < 1.29 is 8.42 Å². The molecule has 3 rings (SSSR count). The van der Waals surface area contributed by atoms with E-state index in [9.17, 15) is 8.42 Å². The quantitative estimate of drug-likeness (QED) is 0.782. The molecule has 0 aromatic carbocycles. The van der Waals surface area contributed by atoms with Gasteiger partial charge in [0.15, 0.2) is 0 Å². The Kier molecular flexibility index (Phi) is 4.20. The second-order valence-electron chi connectivity index (χ2n) is 6.28. The van der Waals surface area contributed by atoms with Gasteiger partial charge in [-0.25, -0.2) is 18.4 Å². The zero-order valence-electron chi connectivity index (χ0n) is 13.6. The van der Waals surface area contributed by atoms with Gasteiger partial charge in [-0.2, -0.15) is 5.10 Å². The lowest BCUT2D eigenvalue weighted by atomic mass is 10.1. The first-order valence-electron chi connectivity index (χ1n) is 7.63. The van der Waals surface area contributed by atoms with Crippen LogP contribution in [-0.2, 0) is 29.3 Å². The van der Waals surface area contributed by atoms with E-state index in [1.807, 2.05) is 10.9 Å². The van der Waals surface area contributed by atoms with Crippen LogP contribution in [0.25, 0.3) is 0 Å². The minimum Gasteiger partial charge on any atom is -0.294 e. The van der Waals surface area contributed by atoms with Crippen molar-refractivity contribution in [2.24, 2.45) is 0 Å². The van der Waals surface area contributed by atoms with E-state index < -0.39 is 9.84 Å². The van der Waals surface area contributed by atoms with E-state index >= 15 is 0 Å². The molecular weight excluding hydrogens is 314 g/mol. The molecule has 0 bridgehead atoms.